The molecule has 1 rings (SSSR count). The predicted molar refractivity (Wildman–Crippen MR) is 40.7 cm³/mol. The van der Waals surface area contributed by atoms with E-state index in [-0.39, 0.29) is 11.9 Å². The molecule has 0 saturated heterocycles. The molecule has 0 aliphatic rings. The largest absolute Gasteiger partial charge is 0.438 e. The zero-order valence-electron chi connectivity index (χ0n) is 6.37. The van der Waals surface area contributed by atoms with Gasteiger partial charge in [0.1, 0.15) is 6.00 Å². The number of rotatable bonds is 2. The maximum Gasteiger partial charge on any atom is 0.438 e. The molecule has 0 radical (unpaired) electrons. The van der Waals surface area contributed by atoms with E-state index in [1.807, 2.05) is 13.8 Å². The molecule has 0 atom stereocenters. The van der Waals surface area contributed by atoms with Crippen molar-refractivity contribution in [1.82, 2.24) is 9.78 Å². The van der Waals surface area contributed by atoms with Crippen LogP contribution in [-0.2, 0) is 6.00 Å². The fourth-order valence-corrected chi connectivity index (χ4v) is 0.782. The molecule has 4 nitrogen and oxygen atoms in total. The van der Waals surface area contributed by atoms with Crippen LogP contribution in [0.15, 0.2) is 9.21 Å². The minimum absolute atomic E-state index is 0.0368. The highest BCUT2D eigenvalue weighted by Crippen LogP contribution is 2.07. The molecule has 0 N–H and O–H groups in total. The molecule has 1 aromatic heterocycles. The Labute approximate surface area is 68.8 Å². The molecule has 0 spiro atoms. The standard InChI is InChI=1S/C6H9ClN2O2/c1-4(2)5-8-9(3-7)6(10)11-5/h4H,3H2,1-2H3. The van der Waals surface area contributed by atoms with Gasteiger partial charge in [-0.25, -0.2) is 4.79 Å². The minimum Gasteiger partial charge on any atom is -0.392 e. The SMILES string of the molecule is CC(C)c1nn(CCl)c(=O)o1. The van der Waals surface area contributed by atoms with Gasteiger partial charge >= 0.3 is 5.76 Å². The first-order chi connectivity index (χ1) is 5.15. The van der Waals surface area contributed by atoms with Crippen molar-refractivity contribution in [2.24, 2.45) is 0 Å². The van der Waals surface area contributed by atoms with Gasteiger partial charge in [0.15, 0.2) is 0 Å². The fraction of sp³-hybridized carbons (Fsp3) is 0.667. The lowest BCUT2D eigenvalue weighted by atomic mass is 10.2. The maximum absolute atomic E-state index is 10.8. The van der Waals surface area contributed by atoms with Crippen molar-refractivity contribution >= 4 is 11.6 Å². The Morgan fingerprint density at radius 2 is 2.36 bits per heavy atom. The highest BCUT2D eigenvalue weighted by molar-refractivity contribution is 6.15. The fourth-order valence-electron chi connectivity index (χ4n) is 0.631. The first-order valence-corrected chi connectivity index (χ1v) is 3.82. The van der Waals surface area contributed by atoms with Crippen molar-refractivity contribution in [2.75, 3.05) is 0 Å². The van der Waals surface area contributed by atoms with Crippen LogP contribution in [0, 0.1) is 0 Å². The molecular formula is C6H9ClN2O2. The van der Waals surface area contributed by atoms with E-state index in [1.165, 1.54) is 0 Å². The third-order valence-corrected chi connectivity index (χ3v) is 1.46. The van der Waals surface area contributed by atoms with Crippen LogP contribution in [-0.4, -0.2) is 9.78 Å². The van der Waals surface area contributed by atoms with Crippen molar-refractivity contribution in [3.63, 3.8) is 0 Å². The summed E-state index contributed by atoms with van der Waals surface area (Å²) in [6.45, 7) is 3.79. The molecule has 0 unspecified atom stereocenters. The summed E-state index contributed by atoms with van der Waals surface area (Å²) in [5.74, 6) is 0.0477. The Morgan fingerprint density at radius 1 is 1.73 bits per heavy atom. The van der Waals surface area contributed by atoms with Crippen molar-refractivity contribution in [2.45, 2.75) is 25.8 Å². The second-order valence-electron chi connectivity index (χ2n) is 2.48. The molecule has 0 fully saturated rings. The molecule has 11 heavy (non-hydrogen) atoms. The van der Waals surface area contributed by atoms with Gasteiger partial charge in [0.05, 0.1) is 0 Å². The molecule has 0 amide bonds. The average Bonchev–Trinajstić information content (AvgIpc) is 2.31. The van der Waals surface area contributed by atoms with Crippen LogP contribution in [0.5, 0.6) is 0 Å². The second-order valence-corrected chi connectivity index (χ2v) is 2.72. The summed E-state index contributed by atoms with van der Waals surface area (Å²) in [4.78, 5) is 10.8. The molecule has 0 saturated carbocycles. The number of nitrogens with zero attached hydrogens (tertiary/aromatic N) is 2. The molecule has 62 valence electrons. The summed E-state index contributed by atoms with van der Waals surface area (Å²) < 4.78 is 5.86. The lowest BCUT2D eigenvalue weighted by Crippen LogP contribution is -2.12. The summed E-state index contributed by atoms with van der Waals surface area (Å²) in [6.07, 6.45) is 0. The van der Waals surface area contributed by atoms with Crippen molar-refractivity contribution < 1.29 is 4.42 Å². The Balaban J connectivity index is 3.05. The van der Waals surface area contributed by atoms with Gasteiger partial charge in [-0.05, 0) is 0 Å². The summed E-state index contributed by atoms with van der Waals surface area (Å²) in [6, 6.07) is 0.0368. The van der Waals surface area contributed by atoms with Gasteiger partial charge in [-0.15, -0.1) is 16.7 Å². The number of aromatic nitrogens is 2. The number of alkyl halides is 1. The molecular weight excluding hydrogens is 168 g/mol. The first-order valence-electron chi connectivity index (χ1n) is 3.29. The van der Waals surface area contributed by atoms with Crippen LogP contribution in [0.1, 0.15) is 25.7 Å². The summed E-state index contributed by atoms with van der Waals surface area (Å²) >= 11 is 5.39. The van der Waals surface area contributed by atoms with Gasteiger partial charge in [0.2, 0.25) is 5.89 Å². The Morgan fingerprint density at radius 3 is 2.64 bits per heavy atom. The number of hydrogen-bond acceptors (Lipinski definition) is 3. The molecule has 1 aromatic rings. The van der Waals surface area contributed by atoms with Gasteiger partial charge < -0.3 is 4.42 Å². The Hall–Kier alpha value is -0.770. The van der Waals surface area contributed by atoms with Crippen LogP contribution in [0.3, 0.4) is 0 Å². The highest BCUT2D eigenvalue weighted by Gasteiger charge is 2.09. The van der Waals surface area contributed by atoms with E-state index >= 15 is 0 Å². The lowest BCUT2D eigenvalue weighted by Gasteiger charge is -1.92. The number of halogens is 1. The Bertz CT molecular complexity index is 289. The van der Waals surface area contributed by atoms with Crippen LogP contribution in [0.2, 0.25) is 0 Å². The monoisotopic (exact) mass is 176 g/mol. The predicted octanol–water partition coefficient (Wildman–Crippen LogP) is 1.16. The topological polar surface area (TPSA) is 48.0 Å². The first kappa shape index (κ1) is 8.33. The van der Waals surface area contributed by atoms with Crippen molar-refractivity contribution in [3.8, 4) is 0 Å². The molecule has 0 aromatic carbocycles. The van der Waals surface area contributed by atoms with Crippen molar-refractivity contribution in [3.05, 3.63) is 16.4 Å². The van der Waals surface area contributed by atoms with E-state index in [9.17, 15) is 4.79 Å². The summed E-state index contributed by atoms with van der Waals surface area (Å²) in [5, 5.41) is 3.83. The third-order valence-electron chi connectivity index (χ3n) is 1.23. The van der Waals surface area contributed by atoms with Crippen LogP contribution in [0.4, 0.5) is 0 Å². The smallest absolute Gasteiger partial charge is 0.392 e. The summed E-state index contributed by atoms with van der Waals surface area (Å²) in [7, 11) is 0. The van der Waals surface area contributed by atoms with E-state index in [1.54, 1.807) is 0 Å². The second kappa shape index (κ2) is 3.09. The quantitative estimate of drug-likeness (QED) is 0.636. The Kier molecular flexibility index (Phi) is 2.34. The molecule has 1 heterocycles. The van der Waals surface area contributed by atoms with Gasteiger partial charge in [0.25, 0.3) is 0 Å². The van der Waals surface area contributed by atoms with Gasteiger partial charge in [-0.3, -0.25) is 0 Å². The van der Waals surface area contributed by atoms with E-state index < -0.39 is 5.76 Å². The highest BCUT2D eigenvalue weighted by atomic mass is 35.5. The maximum atomic E-state index is 10.8. The zero-order valence-corrected chi connectivity index (χ0v) is 7.13. The van der Waals surface area contributed by atoms with E-state index in [2.05, 4.69) is 5.10 Å². The zero-order chi connectivity index (χ0) is 8.43. The van der Waals surface area contributed by atoms with Crippen molar-refractivity contribution in [1.29, 1.82) is 0 Å². The third kappa shape index (κ3) is 1.63. The van der Waals surface area contributed by atoms with Crippen LogP contribution in [0.25, 0.3) is 0 Å². The van der Waals surface area contributed by atoms with Gasteiger partial charge in [0, 0.05) is 5.92 Å². The summed E-state index contributed by atoms with van der Waals surface area (Å²) in [5.41, 5.74) is 0. The average molecular weight is 177 g/mol. The molecule has 0 aliphatic carbocycles. The van der Waals surface area contributed by atoms with Gasteiger partial charge in [-0.1, -0.05) is 13.8 Å². The van der Waals surface area contributed by atoms with E-state index in [0.29, 0.717) is 5.89 Å². The van der Waals surface area contributed by atoms with Crippen LogP contribution < -0.4 is 5.76 Å². The molecule has 0 aliphatic heterocycles. The number of hydrogen-bond donors (Lipinski definition) is 0. The van der Waals surface area contributed by atoms with Gasteiger partial charge in [-0.2, -0.15) is 4.68 Å². The molecule has 0 bridgehead atoms. The normalized spacial score (nSPS) is 10.9. The lowest BCUT2D eigenvalue weighted by molar-refractivity contribution is 0.436. The van der Waals surface area contributed by atoms with E-state index in [4.69, 9.17) is 16.0 Å². The van der Waals surface area contributed by atoms with E-state index in [0.717, 1.165) is 4.68 Å². The van der Waals surface area contributed by atoms with Crippen LogP contribution >= 0.6 is 11.6 Å². The minimum atomic E-state index is -0.497. The molecule has 5 heteroatoms.